The van der Waals surface area contributed by atoms with Gasteiger partial charge in [-0.15, -0.1) is 11.3 Å². The van der Waals surface area contributed by atoms with Crippen LogP contribution >= 0.6 is 11.3 Å². The van der Waals surface area contributed by atoms with Gasteiger partial charge in [0.05, 0.1) is 6.61 Å². The van der Waals surface area contributed by atoms with Gasteiger partial charge in [0.25, 0.3) is 0 Å². The van der Waals surface area contributed by atoms with Crippen molar-refractivity contribution in [3.8, 4) is 0 Å². The minimum Gasteiger partial charge on any atom is -0.465 e. The van der Waals surface area contributed by atoms with Crippen molar-refractivity contribution in [1.82, 2.24) is 5.32 Å². The first-order valence-corrected chi connectivity index (χ1v) is 8.57. The van der Waals surface area contributed by atoms with E-state index in [4.69, 9.17) is 4.74 Å². The van der Waals surface area contributed by atoms with E-state index < -0.39 is 0 Å². The van der Waals surface area contributed by atoms with Crippen LogP contribution < -0.4 is 5.32 Å². The fourth-order valence-electron chi connectivity index (χ4n) is 2.84. The Bertz CT molecular complexity index is 422. The Balaban J connectivity index is 2.09. The lowest BCUT2D eigenvalue weighted by Crippen LogP contribution is -2.37. The lowest BCUT2D eigenvalue weighted by Gasteiger charge is -2.23. The van der Waals surface area contributed by atoms with Gasteiger partial charge < -0.3 is 4.74 Å². The van der Waals surface area contributed by atoms with Gasteiger partial charge in [0.15, 0.2) is 0 Å². The summed E-state index contributed by atoms with van der Waals surface area (Å²) >= 11 is 1.64. The van der Waals surface area contributed by atoms with Crippen molar-refractivity contribution in [3.05, 3.63) is 21.9 Å². The Kier molecular flexibility index (Phi) is 6.05. The average molecular weight is 295 g/mol. The van der Waals surface area contributed by atoms with Crippen LogP contribution in [0.5, 0.6) is 0 Å². The van der Waals surface area contributed by atoms with Gasteiger partial charge in [-0.2, -0.15) is 0 Å². The Morgan fingerprint density at radius 1 is 1.40 bits per heavy atom. The van der Waals surface area contributed by atoms with E-state index in [1.165, 1.54) is 44.1 Å². The minimum absolute atomic E-state index is 0.137. The summed E-state index contributed by atoms with van der Waals surface area (Å²) in [4.78, 5) is 13.4. The fourth-order valence-corrected chi connectivity index (χ4v) is 3.81. The topological polar surface area (TPSA) is 38.3 Å². The number of carbonyl (C=O) groups is 1. The summed E-state index contributed by atoms with van der Waals surface area (Å²) in [5.41, 5.74) is 1.18. The second-order valence-corrected chi connectivity index (χ2v) is 6.46. The summed E-state index contributed by atoms with van der Waals surface area (Å²) in [7, 11) is 0. The Labute approximate surface area is 125 Å². The van der Waals surface area contributed by atoms with Crippen LogP contribution in [0.15, 0.2) is 11.4 Å². The molecule has 1 saturated carbocycles. The van der Waals surface area contributed by atoms with Gasteiger partial charge in [-0.05, 0) is 43.7 Å². The van der Waals surface area contributed by atoms with E-state index in [-0.39, 0.29) is 12.0 Å². The zero-order chi connectivity index (χ0) is 14.4. The van der Waals surface area contributed by atoms with Crippen LogP contribution in [0.1, 0.15) is 61.9 Å². The number of ether oxygens (including phenoxy) is 1. The highest BCUT2D eigenvalue weighted by atomic mass is 32.1. The molecule has 0 amide bonds. The number of rotatable bonds is 5. The number of thiophene rings is 1. The van der Waals surface area contributed by atoms with Crippen LogP contribution in [-0.4, -0.2) is 18.6 Å². The van der Waals surface area contributed by atoms with E-state index in [9.17, 15) is 4.79 Å². The number of hydrogen-bond donors (Lipinski definition) is 1. The van der Waals surface area contributed by atoms with Crippen molar-refractivity contribution in [2.45, 2.75) is 64.5 Å². The van der Waals surface area contributed by atoms with Gasteiger partial charge in [-0.25, -0.2) is 4.79 Å². The third-order valence-corrected chi connectivity index (χ3v) is 5.03. The van der Waals surface area contributed by atoms with E-state index in [1.54, 1.807) is 11.3 Å². The highest BCUT2D eigenvalue weighted by molar-refractivity contribution is 7.10. The summed E-state index contributed by atoms with van der Waals surface area (Å²) in [5, 5.41) is 5.61. The summed E-state index contributed by atoms with van der Waals surface area (Å²) in [6, 6.07) is 2.22. The molecule has 1 atom stereocenters. The summed E-state index contributed by atoms with van der Waals surface area (Å²) in [6.45, 7) is 4.36. The van der Waals surface area contributed by atoms with Crippen molar-refractivity contribution in [2.75, 3.05) is 6.61 Å². The number of aryl methyl sites for hydroxylation is 1. The normalized spacial score (nSPS) is 18.5. The van der Waals surface area contributed by atoms with E-state index >= 15 is 0 Å². The van der Waals surface area contributed by atoms with Crippen LogP contribution in [0.3, 0.4) is 0 Å². The molecule has 1 aliphatic rings. The predicted molar refractivity (Wildman–Crippen MR) is 83.1 cm³/mol. The average Bonchev–Trinajstić information content (AvgIpc) is 2.70. The lowest BCUT2D eigenvalue weighted by molar-refractivity contribution is -0.146. The van der Waals surface area contributed by atoms with Crippen LogP contribution in [0, 0.1) is 6.92 Å². The molecule has 0 spiro atoms. The van der Waals surface area contributed by atoms with Crippen molar-refractivity contribution in [1.29, 1.82) is 0 Å². The highest BCUT2D eigenvalue weighted by Gasteiger charge is 2.27. The minimum atomic E-state index is -0.293. The molecule has 0 bridgehead atoms. The first-order chi connectivity index (χ1) is 9.72. The molecule has 3 nitrogen and oxygen atoms in total. The maximum atomic E-state index is 12.3. The van der Waals surface area contributed by atoms with Crippen LogP contribution in [-0.2, 0) is 9.53 Å². The van der Waals surface area contributed by atoms with E-state index in [0.29, 0.717) is 12.6 Å². The molecule has 0 saturated heterocycles. The molecule has 1 fully saturated rings. The fraction of sp³-hybridized carbons (Fsp3) is 0.688. The number of hydrogen-bond acceptors (Lipinski definition) is 4. The van der Waals surface area contributed by atoms with Gasteiger partial charge in [-0.3, -0.25) is 5.32 Å². The maximum absolute atomic E-state index is 12.3. The molecule has 0 aliphatic heterocycles. The van der Waals surface area contributed by atoms with Crippen LogP contribution in [0.2, 0.25) is 0 Å². The standard InChI is InChI=1S/C16H25NO2S/c1-3-19-16(18)14(15-12(2)10-11-20-15)17-13-8-6-4-5-7-9-13/h10-11,13-14,17H,3-9H2,1-2H3. The maximum Gasteiger partial charge on any atom is 0.328 e. The zero-order valence-electron chi connectivity index (χ0n) is 12.5. The first kappa shape index (κ1) is 15.5. The summed E-state index contributed by atoms with van der Waals surface area (Å²) < 4.78 is 5.26. The molecular formula is C16H25NO2S. The van der Waals surface area contributed by atoms with Gasteiger partial charge in [0.2, 0.25) is 0 Å². The molecule has 2 rings (SSSR count). The van der Waals surface area contributed by atoms with E-state index in [0.717, 1.165) is 4.88 Å². The van der Waals surface area contributed by atoms with Gasteiger partial charge >= 0.3 is 5.97 Å². The molecule has 4 heteroatoms. The molecule has 1 N–H and O–H groups in total. The van der Waals surface area contributed by atoms with Crippen LogP contribution in [0.25, 0.3) is 0 Å². The first-order valence-electron chi connectivity index (χ1n) is 7.69. The predicted octanol–water partition coefficient (Wildman–Crippen LogP) is 3.97. The lowest BCUT2D eigenvalue weighted by atomic mass is 10.1. The van der Waals surface area contributed by atoms with Gasteiger partial charge in [0, 0.05) is 10.9 Å². The van der Waals surface area contributed by atoms with Crippen molar-refractivity contribution >= 4 is 17.3 Å². The molecular weight excluding hydrogens is 270 g/mol. The van der Waals surface area contributed by atoms with Crippen LogP contribution in [0.4, 0.5) is 0 Å². The molecule has 1 heterocycles. The van der Waals surface area contributed by atoms with Gasteiger partial charge in [0.1, 0.15) is 6.04 Å². The quantitative estimate of drug-likeness (QED) is 0.660. The Morgan fingerprint density at radius 2 is 2.10 bits per heavy atom. The zero-order valence-corrected chi connectivity index (χ0v) is 13.3. The molecule has 20 heavy (non-hydrogen) atoms. The monoisotopic (exact) mass is 295 g/mol. The van der Waals surface area contributed by atoms with E-state index in [1.807, 2.05) is 12.3 Å². The molecule has 0 aromatic carbocycles. The van der Waals surface area contributed by atoms with E-state index in [2.05, 4.69) is 18.3 Å². The van der Waals surface area contributed by atoms with Crippen molar-refractivity contribution in [3.63, 3.8) is 0 Å². The Hall–Kier alpha value is -0.870. The second kappa shape index (κ2) is 7.79. The summed E-state index contributed by atoms with van der Waals surface area (Å²) in [6.07, 6.45) is 7.49. The van der Waals surface area contributed by atoms with Gasteiger partial charge in [-0.1, -0.05) is 25.7 Å². The largest absolute Gasteiger partial charge is 0.465 e. The second-order valence-electron chi connectivity index (χ2n) is 5.51. The third-order valence-electron chi connectivity index (χ3n) is 3.94. The smallest absolute Gasteiger partial charge is 0.328 e. The molecule has 112 valence electrons. The number of esters is 1. The molecule has 1 aliphatic carbocycles. The van der Waals surface area contributed by atoms with Crippen molar-refractivity contribution < 1.29 is 9.53 Å². The highest BCUT2D eigenvalue weighted by Crippen LogP contribution is 2.27. The van der Waals surface area contributed by atoms with Crippen molar-refractivity contribution in [2.24, 2.45) is 0 Å². The molecule has 1 unspecified atom stereocenters. The molecule has 1 aromatic heterocycles. The molecule has 1 aromatic rings. The third kappa shape index (κ3) is 4.06. The number of nitrogens with one attached hydrogen (secondary N) is 1. The molecule has 0 radical (unpaired) electrons. The Morgan fingerprint density at radius 3 is 2.65 bits per heavy atom. The SMILES string of the molecule is CCOC(=O)C(NC1CCCCCC1)c1sccc1C. The summed E-state index contributed by atoms with van der Waals surface area (Å²) in [5.74, 6) is -0.137. The number of carbonyl (C=O) groups excluding carboxylic acids is 1.